The predicted octanol–water partition coefficient (Wildman–Crippen LogP) is 3.85. The minimum absolute atomic E-state index is 0. The van der Waals surface area contributed by atoms with Gasteiger partial charge in [0.15, 0.2) is 0 Å². The molecule has 0 aromatic carbocycles. The molecule has 0 radical (unpaired) electrons. The molecule has 11 heteroatoms. The quantitative estimate of drug-likeness (QED) is 0.382. The maximum Gasteiger partial charge on any atom is 0.260 e. The smallest absolute Gasteiger partial charge is 0.260 e. The first-order chi connectivity index (χ1) is 17.9. The van der Waals surface area contributed by atoms with E-state index in [0.717, 1.165) is 34.3 Å². The number of aryl methyl sites for hydroxylation is 2. The van der Waals surface area contributed by atoms with Crippen LogP contribution in [0.5, 0.6) is 0 Å². The van der Waals surface area contributed by atoms with Gasteiger partial charge in [0.05, 0.1) is 39.8 Å². The van der Waals surface area contributed by atoms with Gasteiger partial charge in [-0.2, -0.15) is 10.2 Å². The normalized spacial score (nSPS) is 19.4. The summed E-state index contributed by atoms with van der Waals surface area (Å²) in [6, 6.07) is 2.36. The van der Waals surface area contributed by atoms with Crippen LogP contribution in [0.2, 0.25) is 0 Å². The van der Waals surface area contributed by atoms with Crippen LogP contribution in [0.4, 0.5) is 5.69 Å². The zero-order chi connectivity index (χ0) is 25.5. The SMILES string of the molecule is Cc1ncc(C(=O)NCCN2CC3CCC2CC3)cc1NC(=O)c1cnn2cc(-c3cnn(C)c3)sc12.[HH].[HH]. The van der Waals surface area contributed by atoms with E-state index >= 15 is 0 Å². The lowest BCUT2D eigenvalue weighted by Crippen LogP contribution is -2.50. The minimum Gasteiger partial charge on any atom is -0.351 e. The van der Waals surface area contributed by atoms with Crippen LogP contribution >= 0.6 is 11.3 Å². The highest BCUT2D eigenvalue weighted by molar-refractivity contribution is 7.21. The third-order valence-corrected chi connectivity index (χ3v) is 8.70. The predicted molar refractivity (Wildman–Crippen MR) is 146 cm³/mol. The second kappa shape index (κ2) is 9.71. The molecule has 1 saturated carbocycles. The summed E-state index contributed by atoms with van der Waals surface area (Å²) in [7, 11) is 1.86. The molecule has 0 unspecified atom stereocenters. The summed E-state index contributed by atoms with van der Waals surface area (Å²) < 4.78 is 3.44. The van der Waals surface area contributed by atoms with Crippen molar-refractivity contribution in [2.75, 3.05) is 25.0 Å². The van der Waals surface area contributed by atoms with Crippen LogP contribution in [0.1, 0.15) is 54.9 Å². The Morgan fingerprint density at radius 2 is 1.95 bits per heavy atom. The first kappa shape index (κ1) is 23.8. The number of fused-ring (bicyclic) bond motifs is 4. The molecule has 196 valence electrons. The van der Waals surface area contributed by atoms with Gasteiger partial charge in [0.2, 0.25) is 0 Å². The summed E-state index contributed by atoms with van der Waals surface area (Å²) in [4.78, 5) is 34.6. The van der Waals surface area contributed by atoms with E-state index in [1.165, 1.54) is 37.0 Å². The zero-order valence-electron chi connectivity index (χ0n) is 21.0. The molecule has 2 aliphatic heterocycles. The van der Waals surface area contributed by atoms with E-state index in [1.54, 1.807) is 33.9 Å². The topological polar surface area (TPSA) is 109 Å². The second-order valence-electron chi connectivity index (χ2n) is 10.0. The summed E-state index contributed by atoms with van der Waals surface area (Å²) in [5.41, 5.74) is 3.01. The van der Waals surface area contributed by atoms with Crippen LogP contribution in [-0.4, -0.2) is 66.8 Å². The van der Waals surface area contributed by atoms with Crippen LogP contribution in [-0.2, 0) is 7.05 Å². The number of amides is 2. The highest BCUT2D eigenvalue weighted by Crippen LogP contribution is 2.34. The van der Waals surface area contributed by atoms with E-state index in [4.69, 9.17) is 0 Å². The lowest BCUT2D eigenvalue weighted by molar-refractivity contribution is 0.0494. The number of nitrogens with zero attached hydrogens (tertiary/aromatic N) is 6. The van der Waals surface area contributed by atoms with Crippen LogP contribution in [0.3, 0.4) is 0 Å². The van der Waals surface area contributed by atoms with Crippen molar-refractivity contribution in [1.82, 2.24) is 34.6 Å². The number of hydrogen-bond acceptors (Lipinski definition) is 7. The fraction of sp³-hybridized carbons (Fsp3) is 0.423. The van der Waals surface area contributed by atoms with Gasteiger partial charge in [0.1, 0.15) is 4.83 Å². The van der Waals surface area contributed by atoms with Gasteiger partial charge in [-0.15, -0.1) is 11.3 Å². The number of nitrogens with one attached hydrogen (secondary N) is 2. The maximum absolute atomic E-state index is 13.2. The molecule has 2 N–H and O–H groups in total. The molecular formula is C26H34N8O2S. The average molecular weight is 523 g/mol. The van der Waals surface area contributed by atoms with Crippen molar-refractivity contribution in [3.05, 3.63) is 53.9 Å². The molecule has 2 bridgehead atoms. The van der Waals surface area contributed by atoms with Gasteiger partial charge < -0.3 is 10.6 Å². The lowest BCUT2D eigenvalue weighted by Gasteiger charge is -2.45. The molecule has 2 saturated heterocycles. The van der Waals surface area contributed by atoms with E-state index in [0.29, 0.717) is 35.1 Å². The van der Waals surface area contributed by atoms with Crippen LogP contribution in [0.15, 0.2) is 37.1 Å². The molecule has 6 heterocycles. The van der Waals surface area contributed by atoms with Crippen molar-refractivity contribution in [3.8, 4) is 10.4 Å². The Labute approximate surface area is 221 Å². The van der Waals surface area contributed by atoms with E-state index in [2.05, 4.69) is 30.7 Å². The van der Waals surface area contributed by atoms with Gasteiger partial charge in [-0.05, 0) is 44.6 Å². The highest BCUT2D eigenvalue weighted by atomic mass is 32.1. The molecule has 1 aliphatic carbocycles. The van der Waals surface area contributed by atoms with Gasteiger partial charge in [-0.25, -0.2) is 4.52 Å². The Hall–Kier alpha value is -3.57. The Bertz CT molecular complexity index is 1470. The first-order valence-corrected chi connectivity index (χ1v) is 13.5. The summed E-state index contributed by atoms with van der Waals surface area (Å²) in [6.45, 7) is 4.43. The molecule has 10 nitrogen and oxygen atoms in total. The van der Waals surface area contributed by atoms with Crippen LogP contribution in [0, 0.1) is 12.8 Å². The Morgan fingerprint density at radius 3 is 2.68 bits per heavy atom. The number of rotatable bonds is 7. The number of hydrogen-bond donors (Lipinski definition) is 2. The Kier molecular flexibility index (Phi) is 6.25. The number of pyridine rings is 1. The zero-order valence-corrected chi connectivity index (χ0v) is 21.8. The van der Waals surface area contributed by atoms with E-state index in [9.17, 15) is 9.59 Å². The molecule has 4 aromatic heterocycles. The van der Waals surface area contributed by atoms with Crippen LogP contribution < -0.4 is 10.6 Å². The lowest BCUT2D eigenvalue weighted by atomic mass is 9.80. The number of piperidine rings is 2. The van der Waals surface area contributed by atoms with Crippen molar-refractivity contribution in [2.45, 2.75) is 38.6 Å². The number of carbonyl (C=O) groups excluding carboxylic acids is 2. The molecule has 3 fully saturated rings. The first-order valence-electron chi connectivity index (χ1n) is 12.7. The fourth-order valence-corrected chi connectivity index (χ4v) is 6.49. The van der Waals surface area contributed by atoms with Crippen molar-refractivity contribution >= 4 is 33.7 Å². The second-order valence-corrected chi connectivity index (χ2v) is 11.1. The average Bonchev–Trinajstić information content (AvgIpc) is 3.62. The summed E-state index contributed by atoms with van der Waals surface area (Å²) >= 11 is 1.48. The molecule has 0 atom stereocenters. The monoisotopic (exact) mass is 522 g/mol. The Balaban J connectivity index is 0.00000176. The molecule has 7 rings (SSSR count). The van der Waals surface area contributed by atoms with Gasteiger partial charge >= 0.3 is 0 Å². The number of carbonyl (C=O) groups is 2. The van der Waals surface area contributed by atoms with Gasteiger partial charge in [-0.3, -0.25) is 24.2 Å². The van der Waals surface area contributed by atoms with Crippen LogP contribution in [0.25, 0.3) is 15.3 Å². The van der Waals surface area contributed by atoms with Crippen molar-refractivity contribution in [2.24, 2.45) is 13.0 Å². The molecule has 3 aliphatic rings. The minimum atomic E-state index is -0.294. The van der Waals surface area contributed by atoms with E-state index in [-0.39, 0.29) is 14.7 Å². The molecular weight excluding hydrogens is 488 g/mol. The third kappa shape index (κ3) is 4.76. The fourth-order valence-electron chi connectivity index (χ4n) is 5.46. The Morgan fingerprint density at radius 1 is 1.11 bits per heavy atom. The highest BCUT2D eigenvalue weighted by Gasteiger charge is 2.33. The van der Waals surface area contributed by atoms with E-state index < -0.39 is 0 Å². The number of anilines is 1. The summed E-state index contributed by atoms with van der Waals surface area (Å²) in [5.74, 6) is 0.344. The van der Waals surface area contributed by atoms with Gasteiger partial charge in [-0.1, -0.05) is 0 Å². The molecule has 37 heavy (non-hydrogen) atoms. The molecule has 0 spiro atoms. The third-order valence-electron chi connectivity index (χ3n) is 7.54. The van der Waals surface area contributed by atoms with Crippen molar-refractivity contribution in [3.63, 3.8) is 0 Å². The van der Waals surface area contributed by atoms with Crippen molar-refractivity contribution < 1.29 is 12.4 Å². The van der Waals surface area contributed by atoms with Gasteiger partial charge in [0.25, 0.3) is 11.8 Å². The summed E-state index contributed by atoms with van der Waals surface area (Å²) in [6.07, 6.45) is 14.0. The largest absolute Gasteiger partial charge is 0.351 e. The summed E-state index contributed by atoms with van der Waals surface area (Å²) in [5, 5.41) is 14.5. The van der Waals surface area contributed by atoms with E-state index in [1.807, 2.05) is 26.4 Å². The standard InChI is InChI=1S/C26H30N8O2S.2H2/c1-16-22(9-18(10-28-16)24(35)27-7-8-33-13-17-3-5-20(33)6-4-17)31-25(36)21-12-30-34-15-23(37-26(21)34)19-11-29-32(2)14-19;;/h9-12,14-15,17,20H,3-8,13H2,1-2H3,(H,27,35)(H,31,36);2*1H. The van der Waals surface area contributed by atoms with Gasteiger partial charge in [0, 0.05) is 59.7 Å². The maximum atomic E-state index is 13.2. The molecule has 2 amide bonds. The molecule has 4 aromatic rings. The number of aromatic nitrogens is 5. The number of thiazole rings is 1. The van der Waals surface area contributed by atoms with Crippen molar-refractivity contribution in [1.29, 1.82) is 0 Å².